The van der Waals surface area contributed by atoms with Crippen LogP contribution in [0.1, 0.15) is 54.8 Å². The molecule has 0 unspecified atom stereocenters. The fourth-order valence-electron chi connectivity index (χ4n) is 2.88. The van der Waals surface area contributed by atoms with Crippen molar-refractivity contribution in [3.05, 3.63) is 41.9 Å². The number of aromatic nitrogens is 4. The molecule has 3 aromatic rings. The Hall–Kier alpha value is -2.63. The number of nitrogens with zero attached hydrogens (tertiary/aromatic N) is 3. The van der Waals surface area contributed by atoms with E-state index in [9.17, 15) is 4.79 Å². The van der Waals surface area contributed by atoms with Gasteiger partial charge >= 0.3 is 0 Å². The summed E-state index contributed by atoms with van der Waals surface area (Å²) in [6.07, 6.45) is 4.30. The van der Waals surface area contributed by atoms with E-state index >= 15 is 0 Å². The van der Waals surface area contributed by atoms with Gasteiger partial charge in [0.25, 0.3) is 5.91 Å². The minimum absolute atomic E-state index is 0.182. The third kappa shape index (κ3) is 2.50. The summed E-state index contributed by atoms with van der Waals surface area (Å²) in [7, 11) is 0. The van der Waals surface area contributed by atoms with E-state index in [1.165, 1.54) is 0 Å². The van der Waals surface area contributed by atoms with Crippen molar-refractivity contribution in [1.82, 2.24) is 19.7 Å². The van der Waals surface area contributed by atoms with Crippen molar-refractivity contribution in [2.45, 2.75) is 38.6 Å². The number of anilines is 1. The van der Waals surface area contributed by atoms with Gasteiger partial charge < -0.3 is 4.57 Å². The highest BCUT2D eigenvalue weighted by Crippen LogP contribution is 2.38. The van der Waals surface area contributed by atoms with Gasteiger partial charge in [0.1, 0.15) is 5.82 Å². The molecule has 0 radical (unpaired) electrons. The van der Waals surface area contributed by atoms with Crippen LogP contribution < -0.4 is 5.32 Å². The van der Waals surface area contributed by atoms with Crippen LogP contribution in [0.25, 0.3) is 10.9 Å². The Balaban J connectivity index is 1.63. The van der Waals surface area contributed by atoms with E-state index in [1.807, 2.05) is 30.5 Å². The number of carbonyl (C=O) groups is 1. The Morgan fingerprint density at radius 1 is 1.35 bits per heavy atom. The van der Waals surface area contributed by atoms with Crippen molar-refractivity contribution in [2.75, 3.05) is 5.32 Å². The second kappa shape index (κ2) is 5.22. The lowest BCUT2D eigenvalue weighted by molar-refractivity contribution is 0.102. The summed E-state index contributed by atoms with van der Waals surface area (Å²) in [5, 5.41) is 10.7. The van der Waals surface area contributed by atoms with Crippen molar-refractivity contribution in [1.29, 1.82) is 0 Å². The van der Waals surface area contributed by atoms with Crippen LogP contribution in [0.5, 0.6) is 0 Å². The quantitative estimate of drug-likeness (QED) is 0.775. The van der Waals surface area contributed by atoms with Crippen LogP contribution in [-0.2, 0) is 0 Å². The van der Waals surface area contributed by atoms with Crippen LogP contribution in [0.3, 0.4) is 0 Å². The lowest BCUT2D eigenvalue weighted by Gasteiger charge is -2.10. The average molecular weight is 309 g/mol. The molecular weight excluding hydrogens is 290 g/mol. The first kappa shape index (κ1) is 14.0. The fraction of sp³-hybridized carbons (Fsp3) is 0.353. The summed E-state index contributed by atoms with van der Waals surface area (Å²) in [6.45, 7) is 4.25. The van der Waals surface area contributed by atoms with Crippen LogP contribution >= 0.6 is 0 Å². The third-order valence-electron chi connectivity index (χ3n) is 4.26. The summed E-state index contributed by atoms with van der Waals surface area (Å²) >= 11 is 0. The molecule has 1 fully saturated rings. The largest absolute Gasteiger partial charge is 0.345 e. The molecule has 0 atom stereocenters. The molecule has 1 aliphatic carbocycles. The van der Waals surface area contributed by atoms with E-state index in [0.717, 1.165) is 29.6 Å². The van der Waals surface area contributed by atoms with Gasteiger partial charge in [-0.1, -0.05) is 6.07 Å². The van der Waals surface area contributed by atoms with E-state index in [1.54, 1.807) is 0 Å². The maximum atomic E-state index is 12.6. The monoisotopic (exact) mass is 309 g/mol. The third-order valence-corrected chi connectivity index (χ3v) is 4.26. The number of rotatable bonds is 4. The Kier molecular flexibility index (Phi) is 3.18. The number of hydrogen-bond donors (Lipinski definition) is 2. The van der Waals surface area contributed by atoms with E-state index in [0.29, 0.717) is 23.5 Å². The predicted molar refractivity (Wildman–Crippen MR) is 88.6 cm³/mol. The lowest BCUT2D eigenvalue weighted by Crippen LogP contribution is -2.13. The topological polar surface area (TPSA) is 75.6 Å². The van der Waals surface area contributed by atoms with Crippen molar-refractivity contribution in [3.63, 3.8) is 0 Å². The minimum Gasteiger partial charge on any atom is -0.345 e. The molecule has 1 saturated carbocycles. The Bertz CT molecular complexity index is 872. The maximum absolute atomic E-state index is 12.6. The minimum atomic E-state index is -0.182. The van der Waals surface area contributed by atoms with Crippen LogP contribution in [0.4, 0.5) is 5.95 Å². The van der Waals surface area contributed by atoms with Crippen LogP contribution in [-0.4, -0.2) is 25.7 Å². The molecule has 0 bridgehead atoms. The summed E-state index contributed by atoms with van der Waals surface area (Å²) in [4.78, 5) is 16.9. The van der Waals surface area contributed by atoms with E-state index < -0.39 is 0 Å². The van der Waals surface area contributed by atoms with Gasteiger partial charge in [-0.25, -0.2) is 0 Å². The standard InChI is InChI=1S/C17H19N5O/c1-10(2)22-9-8-12-13(4-3-5-14(12)22)16(23)19-17-18-15(20-21-17)11-6-7-11/h3-5,8-11H,6-7H2,1-2H3,(H2,18,19,20,21,23). The second-order valence-corrected chi connectivity index (χ2v) is 6.33. The van der Waals surface area contributed by atoms with Crippen molar-refractivity contribution >= 4 is 22.8 Å². The Morgan fingerprint density at radius 3 is 2.91 bits per heavy atom. The second-order valence-electron chi connectivity index (χ2n) is 6.33. The predicted octanol–water partition coefficient (Wildman–Crippen LogP) is 3.47. The molecule has 1 amide bonds. The van der Waals surface area contributed by atoms with Gasteiger partial charge in [-0.3, -0.25) is 15.2 Å². The van der Waals surface area contributed by atoms with Crippen LogP contribution in [0, 0.1) is 0 Å². The number of benzene rings is 1. The summed E-state index contributed by atoms with van der Waals surface area (Å²) in [5.41, 5.74) is 1.70. The molecular formula is C17H19N5O. The molecule has 4 rings (SSSR count). The summed E-state index contributed by atoms with van der Waals surface area (Å²) in [6, 6.07) is 8.10. The van der Waals surface area contributed by atoms with Gasteiger partial charge in [-0.05, 0) is 44.9 Å². The molecule has 2 aromatic heterocycles. The van der Waals surface area contributed by atoms with Crippen molar-refractivity contribution in [3.8, 4) is 0 Å². The highest BCUT2D eigenvalue weighted by Gasteiger charge is 2.27. The SMILES string of the molecule is CC(C)n1ccc2c(C(=O)Nc3n[nH]c(C4CC4)n3)cccc21. The molecule has 0 aliphatic heterocycles. The zero-order valence-electron chi connectivity index (χ0n) is 13.2. The van der Waals surface area contributed by atoms with Crippen molar-refractivity contribution < 1.29 is 4.79 Å². The van der Waals surface area contributed by atoms with Crippen LogP contribution in [0.15, 0.2) is 30.5 Å². The maximum Gasteiger partial charge on any atom is 0.258 e. The van der Waals surface area contributed by atoms with E-state index in [4.69, 9.17) is 0 Å². The lowest BCUT2D eigenvalue weighted by atomic mass is 10.1. The molecule has 23 heavy (non-hydrogen) atoms. The molecule has 6 heteroatoms. The molecule has 1 aromatic carbocycles. The summed E-state index contributed by atoms with van der Waals surface area (Å²) in [5.74, 6) is 1.51. The fourth-order valence-corrected chi connectivity index (χ4v) is 2.88. The first-order valence-electron chi connectivity index (χ1n) is 7.96. The van der Waals surface area contributed by atoms with Crippen molar-refractivity contribution in [2.24, 2.45) is 0 Å². The molecule has 2 heterocycles. The molecule has 2 N–H and O–H groups in total. The molecule has 0 saturated heterocycles. The van der Waals surface area contributed by atoms with Gasteiger partial charge in [-0.15, -0.1) is 5.10 Å². The smallest absolute Gasteiger partial charge is 0.258 e. The number of aromatic amines is 1. The van der Waals surface area contributed by atoms with Gasteiger partial charge in [0.2, 0.25) is 5.95 Å². The molecule has 1 aliphatic rings. The highest BCUT2D eigenvalue weighted by atomic mass is 16.1. The van der Waals surface area contributed by atoms with E-state index in [-0.39, 0.29) is 5.91 Å². The number of carbonyl (C=O) groups excluding carboxylic acids is 1. The zero-order valence-corrected chi connectivity index (χ0v) is 13.2. The number of hydrogen-bond acceptors (Lipinski definition) is 3. The average Bonchev–Trinajstić information content (AvgIpc) is 3.11. The van der Waals surface area contributed by atoms with Crippen LogP contribution in [0.2, 0.25) is 0 Å². The van der Waals surface area contributed by atoms with Gasteiger partial charge in [0, 0.05) is 34.6 Å². The van der Waals surface area contributed by atoms with Gasteiger partial charge in [-0.2, -0.15) is 4.98 Å². The first-order chi connectivity index (χ1) is 11.1. The number of fused-ring (bicyclic) bond motifs is 1. The number of H-pyrrole nitrogens is 1. The van der Waals surface area contributed by atoms with Gasteiger partial charge in [0.05, 0.1) is 0 Å². The van der Waals surface area contributed by atoms with Gasteiger partial charge in [0.15, 0.2) is 0 Å². The number of nitrogens with one attached hydrogen (secondary N) is 2. The molecule has 118 valence electrons. The number of amides is 1. The Morgan fingerprint density at radius 2 is 2.17 bits per heavy atom. The highest BCUT2D eigenvalue weighted by molar-refractivity contribution is 6.12. The molecule has 0 spiro atoms. The normalized spacial score (nSPS) is 14.6. The Labute approximate surface area is 133 Å². The molecule has 6 nitrogen and oxygen atoms in total. The van der Waals surface area contributed by atoms with E-state index in [2.05, 4.69) is 38.9 Å². The first-order valence-corrected chi connectivity index (χ1v) is 7.96. The summed E-state index contributed by atoms with van der Waals surface area (Å²) < 4.78 is 2.16. The zero-order chi connectivity index (χ0) is 16.0.